The van der Waals surface area contributed by atoms with E-state index in [4.69, 9.17) is 4.42 Å². The Balaban J connectivity index is 1.52. The molecule has 0 aliphatic heterocycles. The van der Waals surface area contributed by atoms with E-state index in [1.165, 1.54) is 24.3 Å². The molecule has 1 unspecified atom stereocenters. The summed E-state index contributed by atoms with van der Waals surface area (Å²) in [5.74, 6) is -0.417. The Morgan fingerprint density at radius 2 is 1.60 bits per heavy atom. The molecule has 4 rings (SSSR count). The normalized spacial score (nSPS) is 12.4. The second-order valence-corrected chi connectivity index (χ2v) is 9.64. The number of amides is 1. The van der Waals surface area contributed by atoms with Gasteiger partial charge in [0, 0.05) is 4.88 Å². The molecule has 2 aromatic carbocycles. The molecule has 0 saturated heterocycles. The number of furan rings is 1. The molecular weight excluding hydrogens is 418 g/mol. The van der Waals surface area contributed by atoms with E-state index < -0.39 is 15.7 Å². The number of carbonyl (C=O) groups is 1. The third-order valence-electron chi connectivity index (χ3n) is 4.56. The van der Waals surface area contributed by atoms with Gasteiger partial charge in [-0.15, -0.1) is 11.3 Å². The summed E-state index contributed by atoms with van der Waals surface area (Å²) >= 11 is 1.55. The van der Waals surface area contributed by atoms with Crippen LogP contribution in [-0.2, 0) is 15.6 Å². The number of hydrogen-bond acceptors (Lipinski definition) is 5. The molecule has 0 bridgehead atoms. The number of thiophene rings is 1. The van der Waals surface area contributed by atoms with E-state index in [1.807, 2.05) is 47.8 Å². The maximum atomic E-state index is 12.8. The minimum absolute atomic E-state index is 0.0748. The minimum Gasteiger partial charge on any atom is -0.455 e. The first-order chi connectivity index (χ1) is 14.5. The van der Waals surface area contributed by atoms with Gasteiger partial charge in [-0.25, -0.2) is 8.42 Å². The summed E-state index contributed by atoms with van der Waals surface area (Å²) in [5.41, 5.74) is 0.951. The van der Waals surface area contributed by atoms with Crippen molar-refractivity contribution >= 4 is 27.1 Å². The Kier molecular flexibility index (Phi) is 5.83. The first-order valence-corrected chi connectivity index (χ1v) is 11.8. The molecule has 0 aliphatic carbocycles. The average molecular weight is 438 g/mol. The zero-order valence-electron chi connectivity index (χ0n) is 15.9. The van der Waals surface area contributed by atoms with E-state index in [1.54, 1.807) is 29.5 Å². The van der Waals surface area contributed by atoms with Crippen LogP contribution in [0.2, 0.25) is 0 Å². The topological polar surface area (TPSA) is 76.4 Å². The van der Waals surface area contributed by atoms with Gasteiger partial charge in [-0.1, -0.05) is 54.6 Å². The fourth-order valence-electron chi connectivity index (χ4n) is 3.10. The van der Waals surface area contributed by atoms with Gasteiger partial charge in [0.1, 0.15) is 11.5 Å². The smallest absolute Gasteiger partial charge is 0.287 e. The number of hydrogen-bond donors (Lipinski definition) is 1. The van der Waals surface area contributed by atoms with Crippen molar-refractivity contribution in [2.75, 3.05) is 0 Å². The maximum absolute atomic E-state index is 12.8. The summed E-state index contributed by atoms with van der Waals surface area (Å²) in [7, 11) is -3.55. The Labute approximate surface area is 178 Å². The van der Waals surface area contributed by atoms with Crippen molar-refractivity contribution < 1.29 is 17.6 Å². The fraction of sp³-hybridized carbons (Fsp3) is 0.0870. The van der Waals surface area contributed by atoms with Crippen LogP contribution in [0.15, 0.2) is 99.6 Å². The van der Waals surface area contributed by atoms with Crippen LogP contribution < -0.4 is 5.32 Å². The van der Waals surface area contributed by atoms with Crippen LogP contribution in [0.1, 0.15) is 32.8 Å². The number of rotatable bonds is 7. The monoisotopic (exact) mass is 437 g/mol. The summed E-state index contributed by atoms with van der Waals surface area (Å²) in [6.45, 7) is 0. The molecule has 0 fully saturated rings. The van der Waals surface area contributed by atoms with Crippen molar-refractivity contribution in [1.82, 2.24) is 5.32 Å². The first-order valence-electron chi connectivity index (χ1n) is 9.29. The van der Waals surface area contributed by atoms with E-state index >= 15 is 0 Å². The van der Waals surface area contributed by atoms with Gasteiger partial charge in [0.25, 0.3) is 5.91 Å². The molecule has 2 heterocycles. The van der Waals surface area contributed by atoms with E-state index in [0.717, 1.165) is 10.4 Å². The van der Waals surface area contributed by atoms with E-state index in [0.29, 0.717) is 0 Å². The summed E-state index contributed by atoms with van der Waals surface area (Å²) in [6, 6.07) is 24.4. The third kappa shape index (κ3) is 4.53. The fourth-order valence-corrected chi connectivity index (χ4v) is 5.17. The van der Waals surface area contributed by atoms with E-state index in [2.05, 4.69) is 5.32 Å². The van der Waals surface area contributed by atoms with Crippen LogP contribution in [-0.4, -0.2) is 14.3 Å². The standard InChI is InChI=1S/C23H19NO4S2/c25-23(24-22(21-12-7-15-29-21)17-8-3-1-4-9-17)20-14-13-18(28-20)16-30(26,27)19-10-5-2-6-11-19/h1-15,22H,16H2,(H,24,25). The lowest BCUT2D eigenvalue weighted by Gasteiger charge is -2.17. The van der Waals surface area contributed by atoms with Gasteiger partial charge in [0.05, 0.1) is 10.9 Å². The average Bonchev–Trinajstić information content (AvgIpc) is 3.45. The minimum atomic E-state index is -3.55. The Bertz CT molecular complexity index is 1210. The summed E-state index contributed by atoms with van der Waals surface area (Å²) in [6.07, 6.45) is 0. The second-order valence-electron chi connectivity index (χ2n) is 6.67. The predicted molar refractivity (Wildman–Crippen MR) is 116 cm³/mol. The summed E-state index contributed by atoms with van der Waals surface area (Å²) in [5, 5.41) is 4.94. The molecule has 152 valence electrons. The molecule has 0 radical (unpaired) electrons. The van der Waals surface area contributed by atoms with Crippen molar-refractivity contribution in [3.05, 3.63) is 112 Å². The molecule has 7 heteroatoms. The van der Waals surface area contributed by atoms with Crippen LogP contribution in [0.5, 0.6) is 0 Å². The maximum Gasteiger partial charge on any atom is 0.287 e. The molecule has 0 saturated carbocycles. The van der Waals surface area contributed by atoms with Crippen molar-refractivity contribution in [3.63, 3.8) is 0 Å². The molecule has 0 spiro atoms. The van der Waals surface area contributed by atoms with Gasteiger partial charge < -0.3 is 9.73 Å². The van der Waals surface area contributed by atoms with Crippen LogP contribution in [0.4, 0.5) is 0 Å². The predicted octanol–water partition coefficient (Wildman–Crippen LogP) is 4.83. The molecule has 30 heavy (non-hydrogen) atoms. The number of carbonyl (C=O) groups excluding carboxylic acids is 1. The zero-order valence-corrected chi connectivity index (χ0v) is 17.5. The summed E-state index contributed by atoms with van der Waals surface area (Å²) < 4.78 is 30.6. The van der Waals surface area contributed by atoms with Crippen molar-refractivity contribution in [1.29, 1.82) is 0 Å². The molecule has 4 aromatic rings. The van der Waals surface area contributed by atoms with Gasteiger partial charge in [-0.2, -0.15) is 0 Å². The lowest BCUT2D eigenvalue weighted by molar-refractivity contribution is 0.0914. The zero-order chi connectivity index (χ0) is 21.0. The van der Waals surface area contributed by atoms with Crippen LogP contribution >= 0.6 is 11.3 Å². The first kappa shape index (κ1) is 20.1. The summed E-state index contributed by atoms with van der Waals surface area (Å²) in [4.78, 5) is 14.0. The van der Waals surface area contributed by atoms with Crippen molar-refractivity contribution in [2.24, 2.45) is 0 Å². The highest BCUT2D eigenvalue weighted by Gasteiger charge is 2.22. The van der Waals surface area contributed by atoms with Crippen molar-refractivity contribution in [2.45, 2.75) is 16.7 Å². The largest absolute Gasteiger partial charge is 0.455 e. The molecule has 1 N–H and O–H groups in total. The highest BCUT2D eigenvalue weighted by Crippen LogP contribution is 2.27. The van der Waals surface area contributed by atoms with Gasteiger partial charge in [-0.3, -0.25) is 4.79 Å². The van der Waals surface area contributed by atoms with Gasteiger partial charge in [0.2, 0.25) is 0 Å². The van der Waals surface area contributed by atoms with E-state index in [-0.39, 0.29) is 28.2 Å². The lowest BCUT2D eigenvalue weighted by Crippen LogP contribution is -2.28. The van der Waals surface area contributed by atoms with Gasteiger partial charge in [-0.05, 0) is 41.3 Å². The molecule has 2 aromatic heterocycles. The van der Waals surface area contributed by atoms with Crippen LogP contribution in [0.25, 0.3) is 0 Å². The Hall–Kier alpha value is -3.16. The third-order valence-corrected chi connectivity index (χ3v) is 7.15. The van der Waals surface area contributed by atoms with Gasteiger partial charge >= 0.3 is 0 Å². The van der Waals surface area contributed by atoms with Crippen LogP contribution in [0.3, 0.4) is 0 Å². The number of benzene rings is 2. The lowest BCUT2D eigenvalue weighted by atomic mass is 10.1. The SMILES string of the molecule is O=C(NC(c1ccccc1)c1cccs1)c1ccc(CS(=O)(=O)c2ccccc2)o1. The highest BCUT2D eigenvalue weighted by molar-refractivity contribution is 7.90. The number of sulfone groups is 1. The van der Waals surface area contributed by atoms with Crippen LogP contribution in [0, 0.1) is 0 Å². The molecule has 5 nitrogen and oxygen atoms in total. The Morgan fingerprint density at radius 3 is 2.27 bits per heavy atom. The molecular formula is C23H19NO4S2. The number of nitrogens with one attached hydrogen (secondary N) is 1. The Morgan fingerprint density at radius 1 is 0.900 bits per heavy atom. The second kappa shape index (κ2) is 8.69. The van der Waals surface area contributed by atoms with Gasteiger partial charge in [0.15, 0.2) is 15.6 Å². The highest BCUT2D eigenvalue weighted by atomic mass is 32.2. The quantitative estimate of drug-likeness (QED) is 0.449. The molecule has 0 aliphatic rings. The molecule has 1 atom stereocenters. The van der Waals surface area contributed by atoms with Crippen molar-refractivity contribution in [3.8, 4) is 0 Å². The molecule has 1 amide bonds. The van der Waals surface area contributed by atoms with E-state index in [9.17, 15) is 13.2 Å².